The maximum Gasteiger partial charge on any atom is 0.340 e. The minimum absolute atomic E-state index is 0.0396. The maximum absolute atomic E-state index is 12.4. The largest absolute Gasteiger partial charge is 0.507 e. The quantitative estimate of drug-likeness (QED) is 0.726. The number of phenolic OH excluding ortho intramolecular Hbond substituents is 1. The van der Waals surface area contributed by atoms with E-state index in [1.54, 1.807) is 13.0 Å². The molecule has 0 aliphatic rings. The number of hydrogen-bond acceptors (Lipinski definition) is 4. The van der Waals surface area contributed by atoms with E-state index >= 15 is 0 Å². The van der Waals surface area contributed by atoms with Gasteiger partial charge < -0.3 is 19.5 Å². The standard InChI is InChI=1S/C18H19NO4/c1-3-23-18(22)16-11(2)19(8-9-20)17-13-7-5-4-6-12(13)15(21)10-14(16)17/h4-7,10,20-21H,3,8-9H2,1-2H3. The Kier molecular flexibility index (Phi) is 3.96. The lowest BCUT2D eigenvalue weighted by molar-refractivity contribution is 0.0527. The van der Waals surface area contributed by atoms with Crippen molar-refractivity contribution in [2.75, 3.05) is 13.2 Å². The molecule has 0 unspecified atom stereocenters. The molecule has 0 radical (unpaired) electrons. The second-order valence-electron chi connectivity index (χ2n) is 5.39. The van der Waals surface area contributed by atoms with Gasteiger partial charge in [0.25, 0.3) is 0 Å². The zero-order valence-electron chi connectivity index (χ0n) is 13.2. The van der Waals surface area contributed by atoms with Crippen molar-refractivity contribution in [1.82, 2.24) is 4.57 Å². The number of aliphatic hydroxyl groups excluding tert-OH is 1. The third kappa shape index (κ3) is 2.33. The number of phenols is 1. The van der Waals surface area contributed by atoms with E-state index in [1.807, 2.05) is 35.8 Å². The van der Waals surface area contributed by atoms with E-state index < -0.39 is 5.97 Å². The van der Waals surface area contributed by atoms with Crippen LogP contribution in [0.4, 0.5) is 0 Å². The summed E-state index contributed by atoms with van der Waals surface area (Å²) in [5.41, 5.74) is 1.99. The zero-order chi connectivity index (χ0) is 16.6. The molecule has 5 heteroatoms. The first-order valence-corrected chi connectivity index (χ1v) is 7.61. The number of esters is 1. The highest BCUT2D eigenvalue weighted by Gasteiger charge is 2.23. The third-order valence-corrected chi connectivity index (χ3v) is 4.10. The summed E-state index contributed by atoms with van der Waals surface area (Å²) in [5.74, 6) is -0.291. The molecule has 0 saturated carbocycles. The number of hydrogen-bond donors (Lipinski definition) is 2. The Bertz CT molecular complexity index is 895. The van der Waals surface area contributed by atoms with Gasteiger partial charge in [0.15, 0.2) is 0 Å². The zero-order valence-corrected chi connectivity index (χ0v) is 13.2. The maximum atomic E-state index is 12.4. The van der Waals surface area contributed by atoms with E-state index in [9.17, 15) is 15.0 Å². The molecular formula is C18H19NO4. The van der Waals surface area contributed by atoms with Gasteiger partial charge in [0.2, 0.25) is 0 Å². The van der Waals surface area contributed by atoms with Gasteiger partial charge in [-0.2, -0.15) is 0 Å². The number of ether oxygens (including phenoxy) is 1. The summed E-state index contributed by atoms with van der Waals surface area (Å²) in [5, 5.41) is 21.9. The Morgan fingerprint density at radius 1 is 1.22 bits per heavy atom. The fourth-order valence-electron chi connectivity index (χ4n) is 3.16. The van der Waals surface area contributed by atoms with Crippen LogP contribution in [0.3, 0.4) is 0 Å². The Balaban J connectivity index is 2.46. The summed E-state index contributed by atoms with van der Waals surface area (Å²) < 4.78 is 7.07. The molecule has 0 aliphatic heterocycles. The highest BCUT2D eigenvalue weighted by molar-refractivity contribution is 6.16. The van der Waals surface area contributed by atoms with Crippen LogP contribution in [0.5, 0.6) is 5.75 Å². The van der Waals surface area contributed by atoms with E-state index in [2.05, 4.69) is 0 Å². The fraction of sp³-hybridized carbons (Fsp3) is 0.278. The number of rotatable bonds is 4. The summed E-state index contributed by atoms with van der Waals surface area (Å²) in [6.07, 6.45) is 0. The van der Waals surface area contributed by atoms with Gasteiger partial charge in [-0.25, -0.2) is 4.79 Å². The van der Waals surface area contributed by atoms with Crippen molar-refractivity contribution in [1.29, 1.82) is 0 Å². The topological polar surface area (TPSA) is 71.7 Å². The average molecular weight is 313 g/mol. The van der Waals surface area contributed by atoms with Crippen LogP contribution in [0.25, 0.3) is 21.7 Å². The lowest BCUT2D eigenvalue weighted by Gasteiger charge is -2.09. The van der Waals surface area contributed by atoms with Crippen LogP contribution in [-0.4, -0.2) is 34.0 Å². The summed E-state index contributed by atoms with van der Waals surface area (Å²) in [7, 11) is 0. The predicted molar refractivity (Wildman–Crippen MR) is 88.9 cm³/mol. The number of aromatic nitrogens is 1. The number of aliphatic hydroxyl groups is 1. The first-order valence-electron chi connectivity index (χ1n) is 7.61. The molecule has 3 rings (SSSR count). The van der Waals surface area contributed by atoms with Crippen molar-refractivity contribution in [2.24, 2.45) is 0 Å². The van der Waals surface area contributed by atoms with Crippen LogP contribution in [0.1, 0.15) is 23.0 Å². The third-order valence-electron chi connectivity index (χ3n) is 4.10. The van der Waals surface area contributed by atoms with E-state index in [0.29, 0.717) is 22.9 Å². The van der Waals surface area contributed by atoms with Crippen LogP contribution < -0.4 is 0 Å². The Morgan fingerprint density at radius 3 is 2.57 bits per heavy atom. The lowest BCUT2D eigenvalue weighted by Crippen LogP contribution is -2.08. The SMILES string of the molecule is CCOC(=O)c1c(C)n(CCO)c2c1cc(O)c1ccccc12. The van der Waals surface area contributed by atoms with E-state index in [-0.39, 0.29) is 19.0 Å². The number of nitrogens with zero attached hydrogens (tertiary/aromatic N) is 1. The summed E-state index contributed by atoms with van der Waals surface area (Å²) >= 11 is 0. The normalized spacial score (nSPS) is 11.3. The fourth-order valence-corrected chi connectivity index (χ4v) is 3.16. The van der Waals surface area contributed by atoms with Gasteiger partial charge in [-0.05, 0) is 19.9 Å². The molecule has 120 valence electrons. The molecule has 0 saturated heterocycles. The van der Waals surface area contributed by atoms with E-state index in [4.69, 9.17) is 4.74 Å². The molecule has 2 N–H and O–H groups in total. The van der Waals surface area contributed by atoms with Crippen molar-refractivity contribution in [3.05, 3.63) is 41.6 Å². The van der Waals surface area contributed by atoms with Gasteiger partial charge in [-0.15, -0.1) is 0 Å². The van der Waals surface area contributed by atoms with Gasteiger partial charge >= 0.3 is 5.97 Å². The molecular weight excluding hydrogens is 294 g/mol. The van der Waals surface area contributed by atoms with Crippen LogP contribution in [0.2, 0.25) is 0 Å². The van der Waals surface area contributed by atoms with Crippen molar-refractivity contribution in [3.63, 3.8) is 0 Å². The summed E-state index contributed by atoms with van der Waals surface area (Å²) in [4.78, 5) is 12.4. The van der Waals surface area contributed by atoms with Gasteiger partial charge in [0.05, 0.1) is 24.3 Å². The molecule has 5 nitrogen and oxygen atoms in total. The smallest absolute Gasteiger partial charge is 0.340 e. The molecule has 2 aromatic carbocycles. The van der Waals surface area contributed by atoms with Crippen molar-refractivity contribution in [3.8, 4) is 5.75 Å². The number of benzene rings is 2. The molecule has 0 atom stereocenters. The average Bonchev–Trinajstić information content (AvgIpc) is 2.81. The lowest BCUT2D eigenvalue weighted by atomic mass is 10.0. The first kappa shape index (κ1) is 15.4. The second-order valence-corrected chi connectivity index (χ2v) is 5.39. The Morgan fingerprint density at radius 2 is 1.91 bits per heavy atom. The molecule has 3 aromatic rings. The molecule has 0 aliphatic carbocycles. The summed E-state index contributed by atoms with van der Waals surface area (Å²) in [6, 6.07) is 9.08. The molecule has 0 bridgehead atoms. The highest BCUT2D eigenvalue weighted by Crippen LogP contribution is 2.37. The highest BCUT2D eigenvalue weighted by atomic mass is 16.5. The van der Waals surface area contributed by atoms with Crippen LogP contribution in [0, 0.1) is 6.92 Å². The van der Waals surface area contributed by atoms with Crippen LogP contribution in [-0.2, 0) is 11.3 Å². The van der Waals surface area contributed by atoms with Crippen LogP contribution in [0.15, 0.2) is 30.3 Å². The minimum atomic E-state index is -0.415. The number of carbonyl (C=O) groups excluding carboxylic acids is 1. The summed E-state index contributed by atoms with van der Waals surface area (Å²) in [6.45, 7) is 4.20. The van der Waals surface area contributed by atoms with Crippen molar-refractivity contribution in [2.45, 2.75) is 20.4 Å². The molecule has 1 heterocycles. The monoisotopic (exact) mass is 313 g/mol. The van der Waals surface area contributed by atoms with Gasteiger partial charge in [-0.1, -0.05) is 24.3 Å². The number of aromatic hydroxyl groups is 1. The Hall–Kier alpha value is -2.53. The molecule has 1 aromatic heterocycles. The van der Waals surface area contributed by atoms with Crippen LogP contribution >= 0.6 is 0 Å². The molecule has 0 fully saturated rings. The van der Waals surface area contributed by atoms with Crippen molar-refractivity contribution >= 4 is 27.6 Å². The minimum Gasteiger partial charge on any atom is -0.507 e. The van der Waals surface area contributed by atoms with Gasteiger partial charge in [-0.3, -0.25) is 0 Å². The van der Waals surface area contributed by atoms with Gasteiger partial charge in [0.1, 0.15) is 5.75 Å². The number of fused-ring (bicyclic) bond motifs is 3. The molecule has 23 heavy (non-hydrogen) atoms. The predicted octanol–water partition coefficient (Wildman–Crippen LogP) is 2.98. The van der Waals surface area contributed by atoms with E-state index in [1.165, 1.54) is 0 Å². The Labute approximate surface area is 133 Å². The first-order chi connectivity index (χ1) is 11.1. The van der Waals surface area contributed by atoms with Crippen molar-refractivity contribution < 1.29 is 19.7 Å². The molecule has 0 spiro atoms. The van der Waals surface area contributed by atoms with E-state index in [0.717, 1.165) is 16.6 Å². The second kappa shape index (κ2) is 5.93. The van der Waals surface area contributed by atoms with Gasteiger partial charge in [0, 0.05) is 28.4 Å². The number of carbonyl (C=O) groups is 1. The molecule has 0 amide bonds.